The molecule has 1 aromatic carbocycles. The molecule has 1 aromatic rings. The molecular weight excluding hydrogens is 250 g/mol. The normalized spacial score (nSPS) is 13.3. The highest BCUT2D eigenvalue weighted by molar-refractivity contribution is 9.10. The molecule has 0 saturated carbocycles. The van der Waals surface area contributed by atoms with Crippen molar-refractivity contribution in [2.75, 3.05) is 0 Å². The van der Waals surface area contributed by atoms with Crippen molar-refractivity contribution in [3.8, 4) is 0 Å². The van der Waals surface area contributed by atoms with Gasteiger partial charge in [-0.3, -0.25) is 0 Å². The zero-order valence-electron chi connectivity index (χ0n) is 9.97. The summed E-state index contributed by atoms with van der Waals surface area (Å²) in [7, 11) is 0. The van der Waals surface area contributed by atoms with Gasteiger partial charge in [-0.15, -0.1) is 0 Å². The van der Waals surface area contributed by atoms with Gasteiger partial charge in [0.05, 0.1) is 0 Å². The van der Waals surface area contributed by atoms with Gasteiger partial charge in [-0.1, -0.05) is 35.8 Å². The fraction of sp³-hybridized carbons (Fsp3) is 0.538. The molecule has 0 radical (unpaired) electrons. The topological polar surface area (TPSA) is 26.0 Å². The smallest absolute Gasteiger partial charge is 0.0308 e. The van der Waals surface area contributed by atoms with Gasteiger partial charge in [-0.25, -0.2) is 0 Å². The van der Waals surface area contributed by atoms with Crippen molar-refractivity contribution in [2.24, 2.45) is 11.7 Å². The molecular formula is C13H20BrN. The number of hydrogen-bond donors (Lipinski definition) is 1. The average molecular weight is 270 g/mol. The van der Waals surface area contributed by atoms with Crippen LogP contribution in [0.2, 0.25) is 0 Å². The van der Waals surface area contributed by atoms with E-state index in [1.807, 2.05) is 0 Å². The van der Waals surface area contributed by atoms with Gasteiger partial charge in [-0.05, 0) is 48.9 Å². The number of benzene rings is 1. The van der Waals surface area contributed by atoms with E-state index < -0.39 is 0 Å². The Kier molecular flexibility index (Phi) is 4.35. The highest BCUT2D eigenvalue weighted by Gasteiger charge is 2.12. The zero-order valence-corrected chi connectivity index (χ0v) is 11.6. The van der Waals surface area contributed by atoms with Crippen LogP contribution in [0.25, 0.3) is 0 Å². The third kappa shape index (κ3) is 3.32. The van der Waals surface area contributed by atoms with Crippen molar-refractivity contribution in [3.63, 3.8) is 0 Å². The molecule has 1 atom stereocenters. The largest absolute Gasteiger partial charge is 0.324 e. The Bertz CT molecular complexity index is 345. The Morgan fingerprint density at radius 3 is 2.27 bits per heavy atom. The van der Waals surface area contributed by atoms with Crippen LogP contribution in [0.3, 0.4) is 0 Å². The lowest BCUT2D eigenvalue weighted by atomic mass is 9.95. The van der Waals surface area contributed by atoms with Crippen LogP contribution in [0.5, 0.6) is 0 Å². The summed E-state index contributed by atoms with van der Waals surface area (Å²) in [5.41, 5.74) is 10.0. The van der Waals surface area contributed by atoms with Gasteiger partial charge in [0.2, 0.25) is 0 Å². The van der Waals surface area contributed by atoms with Gasteiger partial charge < -0.3 is 5.73 Å². The second-order valence-corrected chi connectivity index (χ2v) is 5.55. The van der Waals surface area contributed by atoms with E-state index in [9.17, 15) is 0 Å². The van der Waals surface area contributed by atoms with Crippen LogP contribution in [0.4, 0.5) is 0 Å². The van der Waals surface area contributed by atoms with Crippen molar-refractivity contribution in [3.05, 3.63) is 33.3 Å². The molecule has 0 spiro atoms. The highest BCUT2D eigenvalue weighted by Crippen LogP contribution is 2.28. The first-order chi connectivity index (χ1) is 6.91. The number of halogens is 1. The lowest BCUT2D eigenvalue weighted by molar-refractivity contribution is 0.508. The molecule has 1 nitrogen and oxygen atoms in total. The van der Waals surface area contributed by atoms with Gasteiger partial charge in [0.25, 0.3) is 0 Å². The highest BCUT2D eigenvalue weighted by atomic mass is 79.9. The zero-order chi connectivity index (χ0) is 11.6. The molecule has 0 fully saturated rings. The third-order valence-electron chi connectivity index (χ3n) is 2.74. The molecule has 15 heavy (non-hydrogen) atoms. The van der Waals surface area contributed by atoms with E-state index in [1.54, 1.807) is 0 Å². The first-order valence-electron chi connectivity index (χ1n) is 5.44. The first-order valence-corrected chi connectivity index (χ1v) is 6.23. The SMILES string of the molecule is Cc1cc(Br)c(C(N)CC(C)C)cc1C. The molecule has 0 bridgehead atoms. The van der Waals surface area contributed by atoms with Crippen LogP contribution in [0.15, 0.2) is 16.6 Å². The van der Waals surface area contributed by atoms with Crippen LogP contribution in [-0.4, -0.2) is 0 Å². The Balaban J connectivity index is 2.98. The molecule has 1 unspecified atom stereocenters. The monoisotopic (exact) mass is 269 g/mol. The molecule has 0 aliphatic carbocycles. The molecule has 84 valence electrons. The number of rotatable bonds is 3. The van der Waals surface area contributed by atoms with E-state index in [-0.39, 0.29) is 6.04 Å². The standard InChI is InChI=1S/C13H20BrN/c1-8(2)5-13(15)11-6-9(3)10(4)7-12(11)14/h6-8,13H,5,15H2,1-4H3. The lowest BCUT2D eigenvalue weighted by Crippen LogP contribution is -2.14. The van der Waals surface area contributed by atoms with Crippen molar-refractivity contribution < 1.29 is 0 Å². The molecule has 2 N–H and O–H groups in total. The number of nitrogens with two attached hydrogens (primary N) is 1. The van der Waals surface area contributed by atoms with Gasteiger partial charge in [0.15, 0.2) is 0 Å². The number of hydrogen-bond acceptors (Lipinski definition) is 1. The summed E-state index contributed by atoms with van der Waals surface area (Å²) in [4.78, 5) is 0. The Morgan fingerprint density at radius 1 is 1.20 bits per heavy atom. The second-order valence-electron chi connectivity index (χ2n) is 4.69. The Labute approximate surface area is 101 Å². The fourth-order valence-corrected chi connectivity index (χ4v) is 2.47. The van der Waals surface area contributed by atoms with E-state index in [2.05, 4.69) is 55.8 Å². The van der Waals surface area contributed by atoms with E-state index in [0.29, 0.717) is 5.92 Å². The molecule has 0 saturated heterocycles. The predicted molar refractivity (Wildman–Crippen MR) is 70.0 cm³/mol. The van der Waals surface area contributed by atoms with E-state index in [0.717, 1.165) is 10.9 Å². The molecule has 1 rings (SSSR count). The van der Waals surface area contributed by atoms with E-state index in [4.69, 9.17) is 5.73 Å². The molecule has 0 aliphatic heterocycles. The van der Waals surface area contributed by atoms with Crippen LogP contribution >= 0.6 is 15.9 Å². The second kappa shape index (κ2) is 5.13. The minimum atomic E-state index is 0.138. The minimum absolute atomic E-state index is 0.138. The summed E-state index contributed by atoms with van der Waals surface area (Å²) in [6, 6.07) is 4.50. The van der Waals surface area contributed by atoms with Gasteiger partial charge in [0.1, 0.15) is 0 Å². The van der Waals surface area contributed by atoms with Crippen LogP contribution < -0.4 is 5.73 Å². The average Bonchev–Trinajstić information content (AvgIpc) is 2.09. The first kappa shape index (κ1) is 12.7. The Hall–Kier alpha value is -0.340. The number of aryl methyl sites for hydroxylation is 2. The molecule has 0 aromatic heterocycles. The fourth-order valence-electron chi connectivity index (χ4n) is 1.72. The molecule has 0 heterocycles. The summed E-state index contributed by atoms with van der Waals surface area (Å²) in [6.45, 7) is 8.66. The molecule has 2 heteroatoms. The van der Waals surface area contributed by atoms with E-state index >= 15 is 0 Å². The maximum atomic E-state index is 6.19. The van der Waals surface area contributed by atoms with Crippen LogP contribution in [-0.2, 0) is 0 Å². The van der Waals surface area contributed by atoms with Crippen molar-refractivity contribution in [1.29, 1.82) is 0 Å². The van der Waals surface area contributed by atoms with Crippen molar-refractivity contribution in [1.82, 2.24) is 0 Å². The minimum Gasteiger partial charge on any atom is -0.324 e. The summed E-state index contributed by atoms with van der Waals surface area (Å²) in [5.74, 6) is 0.633. The van der Waals surface area contributed by atoms with Crippen LogP contribution in [0, 0.1) is 19.8 Å². The van der Waals surface area contributed by atoms with Crippen LogP contribution in [0.1, 0.15) is 43.0 Å². The summed E-state index contributed by atoms with van der Waals surface area (Å²) in [5, 5.41) is 0. The maximum Gasteiger partial charge on any atom is 0.0308 e. The van der Waals surface area contributed by atoms with Gasteiger partial charge in [0, 0.05) is 10.5 Å². The summed E-state index contributed by atoms with van der Waals surface area (Å²) in [6.07, 6.45) is 1.03. The summed E-state index contributed by atoms with van der Waals surface area (Å²) < 4.78 is 1.14. The Morgan fingerprint density at radius 2 is 1.73 bits per heavy atom. The molecule has 0 amide bonds. The van der Waals surface area contributed by atoms with Gasteiger partial charge >= 0.3 is 0 Å². The quantitative estimate of drug-likeness (QED) is 0.878. The maximum absolute atomic E-state index is 6.19. The van der Waals surface area contributed by atoms with Gasteiger partial charge in [-0.2, -0.15) is 0 Å². The van der Waals surface area contributed by atoms with E-state index in [1.165, 1.54) is 16.7 Å². The summed E-state index contributed by atoms with van der Waals surface area (Å²) >= 11 is 3.59. The van der Waals surface area contributed by atoms with Crippen molar-refractivity contribution >= 4 is 15.9 Å². The molecule has 0 aliphatic rings. The predicted octanol–water partition coefficient (Wildman–Crippen LogP) is 4.11. The van der Waals surface area contributed by atoms with Crippen molar-refractivity contribution in [2.45, 2.75) is 40.2 Å². The third-order valence-corrected chi connectivity index (χ3v) is 3.42. The lowest BCUT2D eigenvalue weighted by Gasteiger charge is -2.17.